The van der Waals surface area contributed by atoms with E-state index >= 15 is 0 Å². The number of rotatable bonds is 7. The first-order valence-corrected chi connectivity index (χ1v) is 12.0. The van der Waals surface area contributed by atoms with E-state index in [1.165, 1.54) is 10.4 Å². The summed E-state index contributed by atoms with van der Waals surface area (Å²) < 4.78 is 26.7. The fourth-order valence-electron chi connectivity index (χ4n) is 3.93. The van der Waals surface area contributed by atoms with Gasteiger partial charge in [-0.15, -0.1) is 0 Å². The number of sulfonamides is 1. The zero-order valence-electron chi connectivity index (χ0n) is 17.2. The van der Waals surface area contributed by atoms with Crippen molar-refractivity contribution in [1.29, 1.82) is 0 Å². The zero-order chi connectivity index (χ0) is 21.8. The van der Waals surface area contributed by atoms with Crippen LogP contribution < -0.4 is 14.5 Å². The van der Waals surface area contributed by atoms with Crippen molar-refractivity contribution in [1.82, 2.24) is 5.32 Å². The molecule has 0 atom stereocenters. The van der Waals surface area contributed by atoms with Crippen molar-refractivity contribution in [3.63, 3.8) is 0 Å². The summed E-state index contributed by atoms with van der Waals surface area (Å²) in [5.74, 6) is -0.370. The Hall–Kier alpha value is -3.13. The third-order valence-corrected chi connectivity index (χ3v) is 7.32. The first kappa shape index (κ1) is 21.1. The van der Waals surface area contributed by atoms with Gasteiger partial charge < -0.3 is 10.2 Å². The SMILES string of the molecule is O=C(/C=C/c1ccc(N2CCCC2=O)cc1)NCCS(=O)(=O)N1CCc2ccccc21. The molecule has 0 radical (unpaired) electrons. The molecule has 0 aromatic heterocycles. The van der Waals surface area contributed by atoms with Gasteiger partial charge in [0.05, 0.1) is 11.4 Å². The number of carbonyl (C=O) groups is 2. The number of fused-ring (bicyclic) bond motifs is 1. The fraction of sp³-hybridized carbons (Fsp3) is 0.304. The first-order valence-electron chi connectivity index (χ1n) is 10.4. The van der Waals surface area contributed by atoms with Gasteiger partial charge in [-0.3, -0.25) is 13.9 Å². The second kappa shape index (κ2) is 8.93. The minimum Gasteiger partial charge on any atom is -0.351 e. The van der Waals surface area contributed by atoms with Gasteiger partial charge >= 0.3 is 0 Å². The summed E-state index contributed by atoms with van der Waals surface area (Å²) in [5, 5.41) is 2.63. The highest BCUT2D eigenvalue weighted by molar-refractivity contribution is 7.92. The molecule has 1 N–H and O–H groups in total. The van der Waals surface area contributed by atoms with E-state index < -0.39 is 10.0 Å². The van der Waals surface area contributed by atoms with E-state index in [4.69, 9.17) is 0 Å². The maximum absolute atomic E-state index is 12.6. The van der Waals surface area contributed by atoms with Gasteiger partial charge in [-0.25, -0.2) is 8.42 Å². The highest BCUT2D eigenvalue weighted by Gasteiger charge is 2.28. The number of benzene rings is 2. The highest BCUT2D eigenvalue weighted by atomic mass is 32.2. The second-order valence-corrected chi connectivity index (χ2v) is 9.64. The second-order valence-electron chi connectivity index (χ2n) is 7.63. The summed E-state index contributed by atoms with van der Waals surface area (Å²) in [6.45, 7) is 1.22. The van der Waals surface area contributed by atoms with E-state index in [1.54, 1.807) is 11.0 Å². The van der Waals surface area contributed by atoms with E-state index in [9.17, 15) is 18.0 Å². The van der Waals surface area contributed by atoms with Crippen molar-refractivity contribution in [2.75, 3.05) is 34.6 Å². The Balaban J connectivity index is 1.27. The number of nitrogens with zero attached hydrogens (tertiary/aromatic N) is 2. The lowest BCUT2D eigenvalue weighted by molar-refractivity contribution is -0.117. The molecule has 1 saturated heterocycles. The van der Waals surface area contributed by atoms with Crippen LogP contribution in [-0.4, -0.2) is 45.6 Å². The van der Waals surface area contributed by atoms with Gasteiger partial charge in [0.2, 0.25) is 21.8 Å². The molecule has 0 bridgehead atoms. The molecule has 0 saturated carbocycles. The van der Waals surface area contributed by atoms with Gasteiger partial charge in [-0.1, -0.05) is 30.3 Å². The molecule has 8 heteroatoms. The van der Waals surface area contributed by atoms with Crippen LogP contribution in [0.3, 0.4) is 0 Å². The van der Waals surface area contributed by atoms with Crippen molar-refractivity contribution < 1.29 is 18.0 Å². The number of nitrogens with one attached hydrogen (secondary N) is 1. The number of hydrogen-bond donors (Lipinski definition) is 1. The van der Waals surface area contributed by atoms with Crippen LogP contribution in [0.1, 0.15) is 24.0 Å². The Bertz CT molecular complexity index is 1110. The third kappa shape index (κ3) is 4.80. The maximum atomic E-state index is 12.6. The van der Waals surface area contributed by atoms with Crippen molar-refractivity contribution >= 4 is 39.3 Å². The minimum absolute atomic E-state index is 0.0418. The Morgan fingerprint density at radius 3 is 2.55 bits per heavy atom. The molecule has 2 aromatic carbocycles. The van der Waals surface area contributed by atoms with Crippen molar-refractivity contribution in [3.8, 4) is 0 Å². The average Bonchev–Trinajstić information content (AvgIpc) is 3.39. The molecular weight excluding hydrogens is 414 g/mol. The van der Waals surface area contributed by atoms with E-state index in [-0.39, 0.29) is 24.1 Å². The quantitative estimate of drug-likeness (QED) is 0.671. The van der Waals surface area contributed by atoms with Crippen molar-refractivity contribution in [2.24, 2.45) is 0 Å². The molecule has 4 rings (SSSR count). The molecule has 2 amide bonds. The summed E-state index contributed by atoms with van der Waals surface area (Å²) in [5.41, 5.74) is 3.44. The minimum atomic E-state index is -3.49. The average molecular weight is 440 g/mol. The van der Waals surface area contributed by atoms with Crippen LogP contribution in [0.25, 0.3) is 6.08 Å². The molecule has 0 spiro atoms. The molecule has 7 nitrogen and oxygen atoms in total. The van der Waals surface area contributed by atoms with Crippen LogP contribution in [-0.2, 0) is 26.0 Å². The topological polar surface area (TPSA) is 86.8 Å². The van der Waals surface area contributed by atoms with Gasteiger partial charge in [0.1, 0.15) is 0 Å². The summed E-state index contributed by atoms with van der Waals surface area (Å²) in [4.78, 5) is 25.6. The fourth-order valence-corrected chi connectivity index (χ4v) is 5.36. The van der Waals surface area contributed by atoms with Gasteiger partial charge in [0.15, 0.2) is 0 Å². The van der Waals surface area contributed by atoms with Crippen LogP contribution in [0.4, 0.5) is 11.4 Å². The number of amides is 2. The summed E-state index contributed by atoms with van der Waals surface area (Å²) in [6.07, 6.45) is 5.21. The van der Waals surface area contributed by atoms with Crippen LogP contribution in [0, 0.1) is 0 Å². The third-order valence-electron chi connectivity index (χ3n) is 5.54. The number of para-hydroxylation sites is 1. The van der Waals surface area contributed by atoms with Crippen LogP contribution >= 0.6 is 0 Å². The zero-order valence-corrected chi connectivity index (χ0v) is 18.0. The van der Waals surface area contributed by atoms with Gasteiger partial charge in [-0.2, -0.15) is 0 Å². The monoisotopic (exact) mass is 439 g/mol. The van der Waals surface area contributed by atoms with Gasteiger partial charge in [0, 0.05) is 37.8 Å². The van der Waals surface area contributed by atoms with Gasteiger partial charge in [-0.05, 0) is 48.2 Å². The Morgan fingerprint density at radius 2 is 1.81 bits per heavy atom. The van der Waals surface area contributed by atoms with E-state index in [2.05, 4.69) is 5.32 Å². The predicted octanol–water partition coefficient (Wildman–Crippen LogP) is 2.34. The molecule has 1 fully saturated rings. The standard InChI is InChI=1S/C23H25N3O4S/c27-22(12-9-18-7-10-20(11-8-18)25-15-3-6-23(25)28)24-14-17-31(29,30)26-16-13-19-4-1-2-5-21(19)26/h1-2,4-5,7-12H,3,6,13-17H2,(H,24,27)/b12-9+. The summed E-state index contributed by atoms with van der Waals surface area (Å²) in [6, 6.07) is 14.9. The number of carbonyl (C=O) groups excluding carboxylic acids is 2. The molecular formula is C23H25N3O4S. The van der Waals surface area contributed by atoms with E-state index in [0.717, 1.165) is 35.5 Å². The molecule has 2 heterocycles. The number of anilines is 2. The predicted molar refractivity (Wildman–Crippen MR) is 121 cm³/mol. The van der Waals surface area contributed by atoms with E-state index in [1.807, 2.05) is 48.5 Å². The smallest absolute Gasteiger partial charge is 0.244 e. The Labute approximate surface area is 182 Å². The van der Waals surface area contributed by atoms with Crippen LogP contribution in [0.15, 0.2) is 54.6 Å². The lowest BCUT2D eigenvalue weighted by Crippen LogP contribution is -2.36. The number of hydrogen-bond acceptors (Lipinski definition) is 4. The van der Waals surface area contributed by atoms with Gasteiger partial charge in [0.25, 0.3) is 0 Å². The molecule has 162 valence electrons. The Morgan fingerprint density at radius 1 is 1.03 bits per heavy atom. The highest BCUT2D eigenvalue weighted by Crippen LogP contribution is 2.29. The maximum Gasteiger partial charge on any atom is 0.244 e. The molecule has 2 aromatic rings. The Kier molecular flexibility index (Phi) is 6.08. The molecule has 2 aliphatic heterocycles. The molecule has 31 heavy (non-hydrogen) atoms. The summed E-state index contributed by atoms with van der Waals surface area (Å²) in [7, 11) is -3.49. The van der Waals surface area contributed by atoms with E-state index in [0.29, 0.717) is 19.4 Å². The normalized spacial score (nSPS) is 16.2. The lowest BCUT2D eigenvalue weighted by Gasteiger charge is -2.19. The van der Waals surface area contributed by atoms with Crippen molar-refractivity contribution in [2.45, 2.75) is 19.3 Å². The first-order chi connectivity index (χ1) is 14.9. The molecule has 2 aliphatic rings. The van der Waals surface area contributed by atoms with Crippen LogP contribution in [0.5, 0.6) is 0 Å². The molecule has 0 aliphatic carbocycles. The molecule has 0 unspecified atom stereocenters. The van der Waals surface area contributed by atoms with Crippen molar-refractivity contribution in [3.05, 3.63) is 65.7 Å². The summed E-state index contributed by atoms with van der Waals surface area (Å²) >= 11 is 0. The van der Waals surface area contributed by atoms with Crippen LogP contribution in [0.2, 0.25) is 0 Å². The lowest BCUT2D eigenvalue weighted by atomic mass is 10.2. The largest absolute Gasteiger partial charge is 0.351 e.